The van der Waals surface area contributed by atoms with E-state index in [2.05, 4.69) is 14.5 Å². The normalized spacial score (nSPS) is 14.0. The molecule has 0 bridgehead atoms. The second-order valence-electron chi connectivity index (χ2n) is 8.53. The summed E-state index contributed by atoms with van der Waals surface area (Å²) in [6.45, 7) is 6.42. The molecule has 184 valence electrons. The van der Waals surface area contributed by atoms with Crippen LogP contribution in [0.2, 0.25) is 0 Å². The molecule has 1 aliphatic heterocycles. The highest BCUT2D eigenvalue weighted by atomic mass is 32.2. The van der Waals surface area contributed by atoms with E-state index in [1.54, 1.807) is 31.4 Å². The lowest BCUT2D eigenvalue weighted by Crippen LogP contribution is -2.46. The summed E-state index contributed by atoms with van der Waals surface area (Å²) in [4.78, 5) is 16.0. The van der Waals surface area contributed by atoms with Gasteiger partial charge in [0.15, 0.2) is 0 Å². The van der Waals surface area contributed by atoms with Gasteiger partial charge in [-0.05, 0) is 67.4 Å². The van der Waals surface area contributed by atoms with Crippen LogP contribution in [0.1, 0.15) is 21.5 Å². The fourth-order valence-electron chi connectivity index (χ4n) is 4.19. The van der Waals surface area contributed by atoms with E-state index in [4.69, 9.17) is 4.74 Å². The van der Waals surface area contributed by atoms with Crippen LogP contribution in [0.5, 0.6) is 5.75 Å². The summed E-state index contributed by atoms with van der Waals surface area (Å²) in [6.07, 6.45) is 0. The fourth-order valence-corrected chi connectivity index (χ4v) is 5.34. The van der Waals surface area contributed by atoms with Gasteiger partial charge in [0, 0.05) is 26.2 Å². The fraction of sp³-hybridized carbons (Fsp3) is 0.269. The molecule has 35 heavy (non-hydrogen) atoms. The minimum absolute atomic E-state index is 0.0131. The lowest BCUT2D eigenvalue weighted by molar-refractivity contribution is 0.0697. The Labute approximate surface area is 205 Å². The number of carboxylic acids is 1. The van der Waals surface area contributed by atoms with Gasteiger partial charge in [0.25, 0.3) is 10.0 Å². The summed E-state index contributed by atoms with van der Waals surface area (Å²) in [6, 6.07) is 17.3. The third-order valence-electron chi connectivity index (χ3n) is 6.32. The predicted molar refractivity (Wildman–Crippen MR) is 138 cm³/mol. The van der Waals surface area contributed by atoms with Crippen LogP contribution in [0.25, 0.3) is 0 Å². The number of aromatic carboxylic acids is 1. The maximum atomic E-state index is 13.2. The maximum Gasteiger partial charge on any atom is 0.335 e. The van der Waals surface area contributed by atoms with Gasteiger partial charge in [-0.3, -0.25) is 4.72 Å². The third-order valence-corrected chi connectivity index (χ3v) is 7.69. The second-order valence-corrected chi connectivity index (χ2v) is 10.2. The Balaban J connectivity index is 1.61. The minimum Gasteiger partial charge on any atom is -0.495 e. The van der Waals surface area contributed by atoms with Crippen LogP contribution in [-0.4, -0.2) is 52.8 Å². The van der Waals surface area contributed by atoms with E-state index in [1.165, 1.54) is 12.1 Å². The lowest BCUT2D eigenvalue weighted by atomic mass is 10.1. The van der Waals surface area contributed by atoms with Crippen molar-refractivity contribution in [2.75, 3.05) is 47.8 Å². The molecule has 0 saturated carbocycles. The van der Waals surface area contributed by atoms with Crippen LogP contribution < -0.4 is 19.3 Å². The number of sulfonamides is 1. The second kappa shape index (κ2) is 9.87. The van der Waals surface area contributed by atoms with E-state index in [0.29, 0.717) is 31.9 Å². The maximum absolute atomic E-state index is 13.2. The Bertz CT molecular complexity index is 1350. The number of methoxy groups -OCH3 is 1. The minimum atomic E-state index is -3.92. The van der Waals surface area contributed by atoms with Gasteiger partial charge in [0.05, 0.1) is 34.6 Å². The quantitative estimate of drug-likeness (QED) is 0.508. The number of carboxylic acid groups (broad SMARTS) is 1. The van der Waals surface area contributed by atoms with Crippen molar-refractivity contribution in [3.05, 3.63) is 77.4 Å². The first-order chi connectivity index (χ1) is 16.7. The average molecular weight is 496 g/mol. The molecule has 0 spiro atoms. The molecule has 3 aromatic carbocycles. The molecule has 1 heterocycles. The van der Waals surface area contributed by atoms with Crippen molar-refractivity contribution in [1.82, 2.24) is 0 Å². The molecular weight excluding hydrogens is 466 g/mol. The van der Waals surface area contributed by atoms with Gasteiger partial charge in [-0.2, -0.15) is 0 Å². The molecule has 0 radical (unpaired) electrons. The molecule has 2 N–H and O–H groups in total. The summed E-state index contributed by atoms with van der Waals surface area (Å²) in [5, 5.41) is 9.49. The van der Waals surface area contributed by atoms with E-state index in [9.17, 15) is 18.3 Å². The smallest absolute Gasteiger partial charge is 0.335 e. The lowest BCUT2D eigenvalue weighted by Gasteiger charge is -2.38. The molecule has 1 fully saturated rings. The molecule has 0 aromatic heterocycles. The highest BCUT2D eigenvalue weighted by molar-refractivity contribution is 7.92. The van der Waals surface area contributed by atoms with Crippen molar-refractivity contribution in [3.63, 3.8) is 0 Å². The highest BCUT2D eigenvalue weighted by Crippen LogP contribution is 2.33. The molecule has 8 nitrogen and oxygen atoms in total. The monoisotopic (exact) mass is 495 g/mol. The van der Waals surface area contributed by atoms with Crippen LogP contribution in [0.4, 0.5) is 17.1 Å². The largest absolute Gasteiger partial charge is 0.495 e. The highest BCUT2D eigenvalue weighted by Gasteiger charge is 2.24. The predicted octanol–water partition coefficient (Wildman–Crippen LogP) is 4.14. The SMILES string of the molecule is COc1ccccc1N1CCN(c2ccc(C(=O)O)cc2NS(=O)(=O)c2ccc(C)c(C)c2)CC1. The first-order valence-corrected chi connectivity index (χ1v) is 12.8. The molecule has 1 saturated heterocycles. The van der Waals surface area contributed by atoms with Crippen LogP contribution >= 0.6 is 0 Å². The number of para-hydroxylation sites is 2. The summed E-state index contributed by atoms with van der Waals surface area (Å²) in [5.74, 6) is -0.322. The third kappa shape index (κ3) is 5.19. The first-order valence-electron chi connectivity index (χ1n) is 11.3. The summed E-state index contributed by atoms with van der Waals surface area (Å²) in [7, 11) is -2.27. The Hall–Kier alpha value is -3.72. The Kier molecular flexibility index (Phi) is 6.88. The molecule has 9 heteroatoms. The van der Waals surface area contributed by atoms with Crippen molar-refractivity contribution >= 4 is 33.1 Å². The number of rotatable bonds is 7. The van der Waals surface area contributed by atoms with Crippen LogP contribution in [0.15, 0.2) is 65.6 Å². The number of piperazine rings is 1. The Morgan fingerprint density at radius 1 is 0.886 bits per heavy atom. The zero-order valence-corrected chi connectivity index (χ0v) is 20.8. The number of carbonyl (C=O) groups is 1. The Morgan fingerprint density at radius 3 is 2.17 bits per heavy atom. The molecule has 0 unspecified atom stereocenters. The summed E-state index contributed by atoms with van der Waals surface area (Å²) < 4.78 is 34.5. The number of nitrogens with one attached hydrogen (secondary N) is 1. The van der Waals surface area contributed by atoms with Gasteiger partial charge in [0.1, 0.15) is 5.75 Å². The number of aryl methyl sites for hydroxylation is 2. The van der Waals surface area contributed by atoms with Crippen LogP contribution in [-0.2, 0) is 10.0 Å². The molecular formula is C26H29N3O5S. The molecule has 1 aliphatic rings. The van der Waals surface area contributed by atoms with Crippen molar-refractivity contribution in [2.45, 2.75) is 18.7 Å². The van der Waals surface area contributed by atoms with Gasteiger partial charge < -0.3 is 19.6 Å². The zero-order valence-electron chi connectivity index (χ0n) is 20.0. The van der Waals surface area contributed by atoms with Gasteiger partial charge in [0.2, 0.25) is 0 Å². The first kappa shape index (κ1) is 24.4. The van der Waals surface area contributed by atoms with E-state index in [-0.39, 0.29) is 16.1 Å². The van der Waals surface area contributed by atoms with Crippen LogP contribution in [0.3, 0.4) is 0 Å². The van der Waals surface area contributed by atoms with Crippen molar-refractivity contribution in [3.8, 4) is 5.75 Å². The van der Waals surface area contributed by atoms with Crippen LogP contribution in [0, 0.1) is 13.8 Å². The van der Waals surface area contributed by atoms with E-state index < -0.39 is 16.0 Å². The number of nitrogens with zero attached hydrogens (tertiary/aromatic N) is 2. The van der Waals surface area contributed by atoms with E-state index in [0.717, 1.165) is 22.6 Å². The number of hydrogen-bond acceptors (Lipinski definition) is 6. The van der Waals surface area contributed by atoms with E-state index in [1.807, 2.05) is 38.1 Å². The number of benzene rings is 3. The number of hydrogen-bond donors (Lipinski definition) is 2. The van der Waals surface area contributed by atoms with E-state index >= 15 is 0 Å². The molecule has 0 atom stereocenters. The Morgan fingerprint density at radius 2 is 1.54 bits per heavy atom. The molecule has 3 aromatic rings. The van der Waals surface area contributed by atoms with Gasteiger partial charge in [-0.15, -0.1) is 0 Å². The van der Waals surface area contributed by atoms with Gasteiger partial charge >= 0.3 is 5.97 Å². The van der Waals surface area contributed by atoms with Crippen molar-refractivity contribution in [1.29, 1.82) is 0 Å². The van der Waals surface area contributed by atoms with Crippen molar-refractivity contribution in [2.24, 2.45) is 0 Å². The number of ether oxygens (including phenoxy) is 1. The molecule has 0 aliphatic carbocycles. The standard InChI is InChI=1S/C26H29N3O5S/c1-18-8-10-21(16-19(18)2)35(32,33)27-22-17-20(26(30)31)9-11-23(22)28-12-14-29(15-13-28)24-6-4-5-7-25(24)34-3/h4-11,16-17,27H,12-15H2,1-3H3,(H,30,31). The van der Waals surface area contributed by atoms with Gasteiger partial charge in [-0.1, -0.05) is 18.2 Å². The molecule has 0 amide bonds. The van der Waals surface area contributed by atoms with Gasteiger partial charge in [-0.25, -0.2) is 13.2 Å². The zero-order chi connectivity index (χ0) is 25.2. The number of anilines is 3. The molecule has 4 rings (SSSR count). The summed E-state index contributed by atoms with van der Waals surface area (Å²) >= 11 is 0. The topological polar surface area (TPSA) is 99.2 Å². The average Bonchev–Trinajstić information content (AvgIpc) is 2.85. The summed E-state index contributed by atoms with van der Waals surface area (Å²) in [5.41, 5.74) is 3.76. The van der Waals surface area contributed by atoms with Crippen molar-refractivity contribution < 1.29 is 23.1 Å².